The van der Waals surface area contributed by atoms with E-state index in [0.717, 1.165) is 45.2 Å². The topological polar surface area (TPSA) is 40.6 Å². The highest BCUT2D eigenvalue weighted by Crippen LogP contribution is 2.24. The second-order valence-corrected chi connectivity index (χ2v) is 7.20. The Kier molecular flexibility index (Phi) is 6.05. The van der Waals surface area contributed by atoms with Crippen molar-refractivity contribution in [3.05, 3.63) is 35.6 Å². The van der Waals surface area contributed by atoms with E-state index in [1.807, 2.05) is 4.90 Å². The highest BCUT2D eigenvalue weighted by Gasteiger charge is 2.26. The molecule has 3 rings (SSSR count). The number of likely N-dealkylation sites (tertiary alicyclic amines) is 2. The van der Waals surface area contributed by atoms with E-state index in [4.69, 9.17) is 0 Å². The van der Waals surface area contributed by atoms with Crippen LogP contribution in [-0.2, 0) is 4.79 Å². The van der Waals surface area contributed by atoms with Gasteiger partial charge in [0, 0.05) is 32.6 Å². The van der Waals surface area contributed by atoms with Crippen molar-refractivity contribution in [2.24, 2.45) is 5.92 Å². The van der Waals surface area contributed by atoms with E-state index in [1.165, 1.54) is 12.5 Å². The summed E-state index contributed by atoms with van der Waals surface area (Å²) in [6.07, 6.45) is 6.80. The largest absolute Gasteiger partial charge is 0.343 e. The van der Waals surface area contributed by atoms with Gasteiger partial charge in [0.2, 0.25) is 5.91 Å². The molecule has 0 spiro atoms. The lowest BCUT2D eigenvalue weighted by Gasteiger charge is -2.33. The van der Waals surface area contributed by atoms with E-state index in [9.17, 15) is 14.0 Å². The fourth-order valence-electron chi connectivity index (χ4n) is 3.86. The van der Waals surface area contributed by atoms with Crippen molar-refractivity contribution in [2.75, 3.05) is 26.2 Å². The predicted molar refractivity (Wildman–Crippen MR) is 94.7 cm³/mol. The minimum Gasteiger partial charge on any atom is -0.343 e. The highest BCUT2D eigenvalue weighted by molar-refractivity contribution is 5.94. The first kappa shape index (κ1) is 17.9. The van der Waals surface area contributed by atoms with Crippen LogP contribution in [0.2, 0.25) is 0 Å². The van der Waals surface area contributed by atoms with Crippen LogP contribution in [0.3, 0.4) is 0 Å². The van der Waals surface area contributed by atoms with Gasteiger partial charge in [0.25, 0.3) is 5.91 Å². The second kappa shape index (κ2) is 8.45. The van der Waals surface area contributed by atoms with E-state index in [1.54, 1.807) is 23.1 Å². The molecule has 2 aliphatic heterocycles. The molecule has 2 aliphatic rings. The molecule has 4 nitrogen and oxygen atoms in total. The molecule has 136 valence electrons. The number of rotatable bonds is 4. The van der Waals surface area contributed by atoms with Crippen molar-refractivity contribution < 1.29 is 14.0 Å². The second-order valence-electron chi connectivity index (χ2n) is 7.20. The molecular formula is C20H27FN2O2. The van der Waals surface area contributed by atoms with Gasteiger partial charge in [0.05, 0.1) is 5.56 Å². The Labute approximate surface area is 149 Å². The van der Waals surface area contributed by atoms with Gasteiger partial charge < -0.3 is 9.80 Å². The molecule has 0 saturated carbocycles. The SMILES string of the molecule is O=C(CCC1CCN(C(=O)c2ccccc2F)CC1)N1CCCCC1. The summed E-state index contributed by atoms with van der Waals surface area (Å²) < 4.78 is 13.8. The van der Waals surface area contributed by atoms with E-state index in [-0.39, 0.29) is 17.4 Å². The first-order chi connectivity index (χ1) is 12.1. The van der Waals surface area contributed by atoms with Crippen LogP contribution in [0, 0.1) is 11.7 Å². The summed E-state index contributed by atoms with van der Waals surface area (Å²) in [5, 5.41) is 0. The monoisotopic (exact) mass is 346 g/mol. The molecule has 1 aromatic rings. The van der Waals surface area contributed by atoms with Gasteiger partial charge in [-0.2, -0.15) is 0 Å². The Balaban J connectivity index is 1.43. The summed E-state index contributed by atoms with van der Waals surface area (Å²) in [4.78, 5) is 28.4. The lowest BCUT2D eigenvalue weighted by molar-refractivity contribution is -0.132. The normalized spacial score (nSPS) is 19.1. The average Bonchev–Trinajstić information content (AvgIpc) is 2.67. The highest BCUT2D eigenvalue weighted by atomic mass is 19.1. The fourth-order valence-corrected chi connectivity index (χ4v) is 3.86. The number of benzene rings is 1. The Hall–Kier alpha value is -1.91. The standard InChI is InChI=1S/C20H27FN2O2/c21-18-7-3-2-6-17(18)20(25)23-14-10-16(11-15-23)8-9-19(24)22-12-4-1-5-13-22/h2-3,6-7,16H,1,4-5,8-15H2. The summed E-state index contributed by atoms with van der Waals surface area (Å²) >= 11 is 0. The molecule has 0 radical (unpaired) electrons. The Morgan fingerprint density at radius 3 is 2.32 bits per heavy atom. The van der Waals surface area contributed by atoms with Gasteiger partial charge in [-0.05, 0) is 56.6 Å². The van der Waals surface area contributed by atoms with Gasteiger partial charge in [0.15, 0.2) is 0 Å². The maximum Gasteiger partial charge on any atom is 0.256 e. The lowest BCUT2D eigenvalue weighted by atomic mass is 9.91. The molecule has 0 unspecified atom stereocenters. The number of hydrogen-bond donors (Lipinski definition) is 0. The molecule has 2 saturated heterocycles. The van der Waals surface area contributed by atoms with Crippen molar-refractivity contribution >= 4 is 11.8 Å². The number of amides is 2. The van der Waals surface area contributed by atoms with Gasteiger partial charge in [-0.15, -0.1) is 0 Å². The molecule has 5 heteroatoms. The smallest absolute Gasteiger partial charge is 0.256 e. The van der Waals surface area contributed by atoms with E-state index < -0.39 is 5.82 Å². The molecule has 25 heavy (non-hydrogen) atoms. The third-order valence-corrected chi connectivity index (χ3v) is 5.48. The number of piperidine rings is 2. The molecule has 1 aromatic carbocycles. The van der Waals surface area contributed by atoms with Crippen LogP contribution >= 0.6 is 0 Å². The summed E-state index contributed by atoms with van der Waals surface area (Å²) in [5.74, 6) is 0.0886. The molecular weight excluding hydrogens is 319 g/mol. The van der Waals surface area contributed by atoms with Gasteiger partial charge in [-0.25, -0.2) is 4.39 Å². The van der Waals surface area contributed by atoms with Crippen molar-refractivity contribution in [1.82, 2.24) is 9.80 Å². The van der Waals surface area contributed by atoms with Crippen LogP contribution in [0.5, 0.6) is 0 Å². The number of hydrogen-bond acceptors (Lipinski definition) is 2. The van der Waals surface area contributed by atoms with Gasteiger partial charge in [-0.1, -0.05) is 12.1 Å². The molecule has 0 aliphatic carbocycles. The van der Waals surface area contributed by atoms with Gasteiger partial charge in [-0.3, -0.25) is 9.59 Å². The van der Waals surface area contributed by atoms with E-state index in [0.29, 0.717) is 25.4 Å². The van der Waals surface area contributed by atoms with Crippen LogP contribution in [-0.4, -0.2) is 47.8 Å². The quantitative estimate of drug-likeness (QED) is 0.837. The Morgan fingerprint density at radius 2 is 1.64 bits per heavy atom. The lowest BCUT2D eigenvalue weighted by Crippen LogP contribution is -2.39. The van der Waals surface area contributed by atoms with E-state index >= 15 is 0 Å². The molecule has 2 heterocycles. The fraction of sp³-hybridized carbons (Fsp3) is 0.600. The molecule has 0 aromatic heterocycles. The molecule has 0 N–H and O–H groups in total. The zero-order chi connectivity index (χ0) is 17.6. The molecule has 2 fully saturated rings. The third-order valence-electron chi connectivity index (χ3n) is 5.48. The van der Waals surface area contributed by atoms with Crippen molar-refractivity contribution in [1.29, 1.82) is 0 Å². The first-order valence-electron chi connectivity index (χ1n) is 9.47. The third kappa shape index (κ3) is 4.59. The number of carbonyl (C=O) groups is 2. The van der Waals surface area contributed by atoms with Crippen molar-refractivity contribution in [3.8, 4) is 0 Å². The predicted octanol–water partition coefficient (Wildman–Crippen LogP) is 3.47. The average molecular weight is 346 g/mol. The van der Waals surface area contributed by atoms with E-state index in [2.05, 4.69) is 0 Å². The van der Waals surface area contributed by atoms with Gasteiger partial charge in [0.1, 0.15) is 5.82 Å². The molecule has 0 atom stereocenters. The first-order valence-corrected chi connectivity index (χ1v) is 9.47. The summed E-state index contributed by atoms with van der Waals surface area (Å²) in [6, 6.07) is 6.15. The summed E-state index contributed by atoms with van der Waals surface area (Å²) in [6.45, 7) is 3.12. The minimum atomic E-state index is -0.457. The number of halogens is 1. The number of nitrogens with zero attached hydrogens (tertiary/aromatic N) is 2. The zero-order valence-electron chi connectivity index (χ0n) is 14.8. The van der Waals surface area contributed by atoms with Crippen LogP contribution in [0.25, 0.3) is 0 Å². The zero-order valence-corrected chi connectivity index (χ0v) is 14.8. The van der Waals surface area contributed by atoms with Crippen molar-refractivity contribution in [2.45, 2.75) is 44.9 Å². The minimum absolute atomic E-state index is 0.154. The van der Waals surface area contributed by atoms with Crippen LogP contribution in [0.1, 0.15) is 55.3 Å². The molecule has 2 amide bonds. The van der Waals surface area contributed by atoms with Crippen LogP contribution < -0.4 is 0 Å². The maximum atomic E-state index is 13.8. The Bertz CT molecular complexity index is 605. The Morgan fingerprint density at radius 1 is 0.960 bits per heavy atom. The summed E-state index contributed by atoms with van der Waals surface area (Å²) in [7, 11) is 0. The maximum absolute atomic E-state index is 13.8. The van der Waals surface area contributed by atoms with Crippen molar-refractivity contribution in [3.63, 3.8) is 0 Å². The van der Waals surface area contributed by atoms with Crippen LogP contribution in [0.15, 0.2) is 24.3 Å². The van der Waals surface area contributed by atoms with Crippen LogP contribution in [0.4, 0.5) is 4.39 Å². The number of carbonyl (C=O) groups excluding carboxylic acids is 2. The van der Waals surface area contributed by atoms with Gasteiger partial charge >= 0.3 is 0 Å². The molecule has 0 bridgehead atoms. The summed E-state index contributed by atoms with van der Waals surface area (Å²) in [5.41, 5.74) is 0.154.